The molecule has 0 fully saturated rings. The van der Waals surface area contributed by atoms with Gasteiger partial charge in [0.25, 0.3) is 5.91 Å². The van der Waals surface area contributed by atoms with Crippen molar-refractivity contribution in [1.82, 2.24) is 15.6 Å². The van der Waals surface area contributed by atoms with Crippen molar-refractivity contribution >= 4 is 34.7 Å². The summed E-state index contributed by atoms with van der Waals surface area (Å²) >= 11 is 3.19. The summed E-state index contributed by atoms with van der Waals surface area (Å²) in [6, 6.07) is 14.2. The number of carbonyl (C=O) groups excluding carboxylic acids is 1. The van der Waals surface area contributed by atoms with Crippen LogP contribution in [0, 0.1) is 6.92 Å². The molecule has 1 amide bonds. The molecule has 0 radical (unpaired) electrons. The van der Waals surface area contributed by atoms with Crippen LogP contribution in [0.4, 0.5) is 0 Å². The van der Waals surface area contributed by atoms with E-state index in [1.807, 2.05) is 19.1 Å². The van der Waals surface area contributed by atoms with E-state index in [1.54, 1.807) is 66.4 Å². The Morgan fingerprint density at radius 2 is 1.93 bits per heavy atom. The zero-order valence-electron chi connectivity index (χ0n) is 14.8. The van der Waals surface area contributed by atoms with Crippen LogP contribution in [0.1, 0.15) is 33.4 Å². The zero-order chi connectivity index (χ0) is 19.2. The number of hydrogen-bond donors (Lipinski definition) is 2. The van der Waals surface area contributed by atoms with Gasteiger partial charge in [0.1, 0.15) is 10.8 Å². The van der Waals surface area contributed by atoms with Gasteiger partial charge < -0.3 is 5.11 Å². The highest BCUT2D eigenvalue weighted by Gasteiger charge is 2.08. The van der Waals surface area contributed by atoms with E-state index in [-0.39, 0.29) is 11.7 Å². The first-order valence-corrected chi connectivity index (χ1v) is 9.98. The number of carbonyl (C=O) groups is 1. The van der Waals surface area contributed by atoms with Crippen LogP contribution in [0.3, 0.4) is 0 Å². The second-order valence-electron chi connectivity index (χ2n) is 5.73. The van der Waals surface area contributed by atoms with Crippen LogP contribution in [0.5, 0.6) is 5.75 Å². The zero-order valence-corrected chi connectivity index (χ0v) is 16.5. The van der Waals surface area contributed by atoms with Crippen LogP contribution in [-0.4, -0.2) is 26.9 Å². The van der Waals surface area contributed by atoms with Gasteiger partial charge >= 0.3 is 0 Å². The fourth-order valence-corrected chi connectivity index (χ4v) is 4.04. The summed E-state index contributed by atoms with van der Waals surface area (Å²) in [5.74, 6) is 0.588. The standard InChI is InChI=1S/C19H18N4O2S2/c1-12(16-5-3-4-6-17(16)24)20-22-18(25)15-9-7-14(8-10-15)11-26-19-23-21-13(2)27-19/h3-10,24H,11H2,1-2H3,(H,22,25)/b20-12+. The molecule has 3 aromatic rings. The molecule has 0 saturated heterocycles. The van der Waals surface area contributed by atoms with Gasteiger partial charge in [-0.2, -0.15) is 5.10 Å². The van der Waals surface area contributed by atoms with E-state index in [1.165, 1.54) is 0 Å². The fourth-order valence-electron chi connectivity index (χ4n) is 2.27. The van der Waals surface area contributed by atoms with Crippen LogP contribution in [0.15, 0.2) is 58.0 Å². The Hall–Kier alpha value is -2.71. The van der Waals surface area contributed by atoms with Crippen LogP contribution in [-0.2, 0) is 5.75 Å². The molecule has 1 heterocycles. The number of aromatic hydroxyl groups is 1. The molecule has 1 aromatic heterocycles. The Balaban J connectivity index is 1.58. The molecule has 0 bridgehead atoms. The number of aryl methyl sites for hydroxylation is 1. The predicted octanol–water partition coefficient (Wildman–Crippen LogP) is 4.00. The van der Waals surface area contributed by atoms with Gasteiger partial charge in [-0.05, 0) is 43.7 Å². The van der Waals surface area contributed by atoms with E-state index in [2.05, 4.69) is 20.7 Å². The maximum atomic E-state index is 12.3. The normalized spacial score (nSPS) is 11.4. The van der Waals surface area contributed by atoms with Gasteiger partial charge in [-0.3, -0.25) is 4.79 Å². The van der Waals surface area contributed by atoms with E-state index >= 15 is 0 Å². The summed E-state index contributed by atoms with van der Waals surface area (Å²) in [6.07, 6.45) is 0. The molecule has 0 aliphatic rings. The third-order valence-corrected chi connectivity index (χ3v) is 5.75. The number of nitrogens with one attached hydrogen (secondary N) is 1. The van der Waals surface area contributed by atoms with Crippen molar-refractivity contribution in [3.63, 3.8) is 0 Å². The molecule has 138 valence electrons. The van der Waals surface area contributed by atoms with Gasteiger partial charge in [0, 0.05) is 16.9 Å². The maximum Gasteiger partial charge on any atom is 0.271 e. The van der Waals surface area contributed by atoms with Crippen LogP contribution in [0.25, 0.3) is 0 Å². The number of aromatic nitrogens is 2. The first-order valence-electron chi connectivity index (χ1n) is 8.18. The minimum absolute atomic E-state index is 0.125. The molecule has 6 nitrogen and oxygen atoms in total. The maximum absolute atomic E-state index is 12.3. The molecule has 0 spiro atoms. The lowest BCUT2D eigenvalue weighted by Gasteiger charge is -2.05. The SMILES string of the molecule is C/C(=N\NC(=O)c1ccc(CSc2nnc(C)s2)cc1)c1ccccc1O. The van der Waals surface area contributed by atoms with Crippen molar-refractivity contribution in [2.24, 2.45) is 5.10 Å². The van der Waals surface area contributed by atoms with Gasteiger partial charge in [0.15, 0.2) is 4.34 Å². The smallest absolute Gasteiger partial charge is 0.271 e. The lowest BCUT2D eigenvalue weighted by Crippen LogP contribution is -2.19. The Kier molecular flexibility index (Phi) is 6.20. The van der Waals surface area contributed by atoms with E-state index < -0.39 is 0 Å². The van der Waals surface area contributed by atoms with Crippen molar-refractivity contribution in [2.75, 3.05) is 0 Å². The number of phenols is 1. The number of thioether (sulfide) groups is 1. The lowest BCUT2D eigenvalue weighted by atomic mass is 10.1. The Morgan fingerprint density at radius 1 is 1.19 bits per heavy atom. The van der Waals surface area contributed by atoms with E-state index in [9.17, 15) is 9.90 Å². The molecule has 0 saturated carbocycles. The number of para-hydroxylation sites is 1. The number of hydrazone groups is 1. The Morgan fingerprint density at radius 3 is 2.59 bits per heavy atom. The van der Waals surface area contributed by atoms with Crippen molar-refractivity contribution in [1.29, 1.82) is 0 Å². The number of amides is 1. The summed E-state index contributed by atoms with van der Waals surface area (Å²) in [6.45, 7) is 3.66. The molecule has 3 rings (SSSR count). The Labute approximate surface area is 165 Å². The molecule has 2 aromatic carbocycles. The summed E-state index contributed by atoms with van der Waals surface area (Å²) in [4.78, 5) is 12.3. The minimum atomic E-state index is -0.302. The van der Waals surface area contributed by atoms with Crippen molar-refractivity contribution in [2.45, 2.75) is 23.9 Å². The monoisotopic (exact) mass is 398 g/mol. The van der Waals surface area contributed by atoms with Gasteiger partial charge in [-0.1, -0.05) is 47.4 Å². The molecule has 0 aliphatic carbocycles. The van der Waals surface area contributed by atoms with Crippen LogP contribution in [0.2, 0.25) is 0 Å². The van der Waals surface area contributed by atoms with Crippen molar-refractivity contribution in [3.8, 4) is 5.75 Å². The van der Waals surface area contributed by atoms with Crippen LogP contribution >= 0.6 is 23.1 Å². The van der Waals surface area contributed by atoms with Crippen molar-refractivity contribution < 1.29 is 9.90 Å². The lowest BCUT2D eigenvalue weighted by molar-refractivity contribution is 0.0955. The summed E-state index contributed by atoms with van der Waals surface area (Å²) in [5, 5.41) is 22.9. The van der Waals surface area contributed by atoms with E-state index in [0.29, 0.717) is 16.8 Å². The molecule has 0 aliphatic heterocycles. The fraction of sp³-hybridized carbons (Fsp3) is 0.158. The highest BCUT2D eigenvalue weighted by Crippen LogP contribution is 2.25. The summed E-state index contributed by atoms with van der Waals surface area (Å²) < 4.78 is 0.934. The molecule has 27 heavy (non-hydrogen) atoms. The number of phenolic OH excluding ortho intramolecular Hbond substituents is 1. The van der Waals surface area contributed by atoms with Crippen molar-refractivity contribution in [3.05, 3.63) is 70.2 Å². The molecule has 8 heteroatoms. The third-order valence-electron chi connectivity index (χ3n) is 3.70. The molecule has 0 unspecified atom stereocenters. The number of rotatable bonds is 6. The number of nitrogens with zero attached hydrogens (tertiary/aromatic N) is 3. The quantitative estimate of drug-likeness (QED) is 0.372. The number of hydrogen-bond acceptors (Lipinski definition) is 7. The molecular weight excluding hydrogens is 380 g/mol. The first-order chi connectivity index (χ1) is 13.0. The van der Waals surface area contributed by atoms with E-state index in [4.69, 9.17) is 0 Å². The van der Waals surface area contributed by atoms with Gasteiger partial charge in [-0.15, -0.1) is 10.2 Å². The molecule has 2 N–H and O–H groups in total. The second-order valence-corrected chi connectivity index (χ2v) is 8.13. The highest BCUT2D eigenvalue weighted by atomic mass is 32.2. The highest BCUT2D eigenvalue weighted by molar-refractivity contribution is 8.00. The van der Waals surface area contributed by atoms with E-state index in [0.717, 1.165) is 20.7 Å². The average molecular weight is 399 g/mol. The first kappa shape index (κ1) is 19.1. The Bertz CT molecular complexity index is 968. The van der Waals surface area contributed by atoms with Crippen LogP contribution < -0.4 is 5.43 Å². The van der Waals surface area contributed by atoms with Gasteiger partial charge in [-0.25, -0.2) is 5.43 Å². The second kappa shape index (κ2) is 8.79. The summed E-state index contributed by atoms with van der Waals surface area (Å²) in [5.41, 5.74) is 5.24. The minimum Gasteiger partial charge on any atom is -0.507 e. The van der Waals surface area contributed by atoms with Gasteiger partial charge in [0.2, 0.25) is 0 Å². The number of benzene rings is 2. The predicted molar refractivity (Wildman–Crippen MR) is 108 cm³/mol. The average Bonchev–Trinajstić information content (AvgIpc) is 3.10. The molecular formula is C19H18N4O2S2. The summed E-state index contributed by atoms with van der Waals surface area (Å²) in [7, 11) is 0. The topological polar surface area (TPSA) is 87.5 Å². The largest absolute Gasteiger partial charge is 0.507 e. The molecule has 0 atom stereocenters. The van der Waals surface area contributed by atoms with Gasteiger partial charge in [0.05, 0.1) is 5.71 Å². The third kappa shape index (κ3) is 5.15.